The first-order chi connectivity index (χ1) is 8.58. The smallest absolute Gasteiger partial charge is 0.306 e. The molecule has 1 fully saturated rings. The highest BCUT2D eigenvalue weighted by atomic mass is 16.4. The summed E-state index contributed by atoms with van der Waals surface area (Å²) >= 11 is 0. The van der Waals surface area contributed by atoms with E-state index in [1.54, 1.807) is 0 Å². The summed E-state index contributed by atoms with van der Waals surface area (Å²) in [4.78, 5) is 17.6. The van der Waals surface area contributed by atoms with E-state index in [1.807, 2.05) is 24.0 Å². The fourth-order valence-electron chi connectivity index (χ4n) is 2.66. The molecule has 1 aromatic heterocycles. The van der Waals surface area contributed by atoms with Crippen LogP contribution in [0.4, 0.5) is 0 Å². The van der Waals surface area contributed by atoms with Gasteiger partial charge in [0, 0.05) is 38.4 Å². The summed E-state index contributed by atoms with van der Waals surface area (Å²) in [6, 6.07) is 0.347. The molecular formula is C13H21N3O2. The monoisotopic (exact) mass is 251 g/mol. The first-order valence-electron chi connectivity index (χ1n) is 6.51. The van der Waals surface area contributed by atoms with Gasteiger partial charge in [-0.15, -0.1) is 0 Å². The largest absolute Gasteiger partial charge is 0.481 e. The van der Waals surface area contributed by atoms with Gasteiger partial charge in [-0.1, -0.05) is 0 Å². The minimum Gasteiger partial charge on any atom is -0.481 e. The molecule has 2 unspecified atom stereocenters. The van der Waals surface area contributed by atoms with E-state index in [4.69, 9.17) is 5.11 Å². The Morgan fingerprint density at radius 2 is 2.39 bits per heavy atom. The number of aliphatic carboxylic acids is 1. The SMILES string of the molecule is CC1CC(C(=O)O)CCN1CCc1nccn1C. The van der Waals surface area contributed by atoms with Crippen molar-refractivity contribution in [1.29, 1.82) is 0 Å². The second-order valence-corrected chi connectivity index (χ2v) is 5.15. The van der Waals surface area contributed by atoms with Crippen molar-refractivity contribution < 1.29 is 9.90 Å². The van der Waals surface area contributed by atoms with Gasteiger partial charge < -0.3 is 14.6 Å². The van der Waals surface area contributed by atoms with Crippen molar-refractivity contribution in [2.24, 2.45) is 13.0 Å². The van der Waals surface area contributed by atoms with Gasteiger partial charge in [-0.05, 0) is 26.3 Å². The highest BCUT2D eigenvalue weighted by Crippen LogP contribution is 2.22. The maximum Gasteiger partial charge on any atom is 0.306 e. The Bertz CT molecular complexity index is 416. The molecule has 5 nitrogen and oxygen atoms in total. The predicted molar refractivity (Wildman–Crippen MR) is 68.3 cm³/mol. The minimum atomic E-state index is -0.648. The highest BCUT2D eigenvalue weighted by Gasteiger charge is 2.29. The molecule has 2 atom stereocenters. The van der Waals surface area contributed by atoms with E-state index >= 15 is 0 Å². The van der Waals surface area contributed by atoms with Crippen molar-refractivity contribution in [3.05, 3.63) is 18.2 Å². The Kier molecular flexibility index (Phi) is 4.01. The van der Waals surface area contributed by atoms with E-state index in [0.717, 1.165) is 38.2 Å². The van der Waals surface area contributed by atoms with E-state index in [2.05, 4.69) is 16.8 Å². The summed E-state index contributed by atoms with van der Waals surface area (Å²) < 4.78 is 2.04. The van der Waals surface area contributed by atoms with Gasteiger partial charge in [0.1, 0.15) is 5.82 Å². The number of hydrogen-bond donors (Lipinski definition) is 1. The van der Waals surface area contributed by atoms with Crippen LogP contribution < -0.4 is 0 Å². The lowest BCUT2D eigenvalue weighted by molar-refractivity contribution is -0.144. The van der Waals surface area contributed by atoms with Gasteiger partial charge in [-0.25, -0.2) is 4.98 Å². The Morgan fingerprint density at radius 3 is 2.94 bits per heavy atom. The lowest BCUT2D eigenvalue weighted by Crippen LogP contribution is -2.43. The average molecular weight is 251 g/mol. The Labute approximate surface area is 107 Å². The fourth-order valence-corrected chi connectivity index (χ4v) is 2.66. The minimum absolute atomic E-state index is 0.163. The molecule has 1 aliphatic heterocycles. The number of carbonyl (C=O) groups is 1. The van der Waals surface area contributed by atoms with Gasteiger partial charge in [-0.2, -0.15) is 0 Å². The molecule has 1 N–H and O–H groups in total. The number of rotatable bonds is 4. The van der Waals surface area contributed by atoms with Crippen LogP contribution in [-0.4, -0.2) is 44.7 Å². The Hall–Kier alpha value is -1.36. The van der Waals surface area contributed by atoms with Crippen LogP contribution in [0, 0.1) is 5.92 Å². The van der Waals surface area contributed by atoms with Crippen molar-refractivity contribution in [2.75, 3.05) is 13.1 Å². The predicted octanol–water partition coefficient (Wildman–Crippen LogP) is 1.15. The van der Waals surface area contributed by atoms with E-state index in [-0.39, 0.29) is 5.92 Å². The molecule has 2 rings (SSSR count). The molecule has 0 spiro atoms. The lowest BCUT2D eigenvalue weighted by Gasteiger charge is -2.36. The molecule has 100 valence electrons. The molecule has 1 saturated heterocycles. The summed E-state index contributed by atoms with van der Waals surface area (Å²) in [7, 11) is 2.00. The van der Waals surface area contributed by atoms with Gasteiger partial charge in [0.2, 0.25) is 0 Å². The zero-order chi connectivity index (χ0) is 13.1. The van der Waals surface area contributed by atoms with Crippen LogP contribution in [0.1, 0.15) is 25.6 Å². The van der Waals surface area contributed by atoms with Crippen LogP contribution in [0.15, 0.2) is 12.4 Å². The summed E-state index contributed by atoms with van der Waals surface area (Å²) in [5.74, 6) is 0.276. The molecule has 0 aromatic carbocycles. The van der Waals surface area contributed by atoms with Gasteiger partial charge in [-0.3, -0.25) is 4.79 Å². The molecular weight excluding hydrogens is 230 g/mol. The summed E-state index contributed by atoms with van der Waals surface area (Å²) in [6.07, 6.45) is 6.21. The number of piperidine rings is 1. The van der Waals surface area contributed by atoms with Crippen LogP contribution in [-0.2, 0) is 18.3 Å². The molecule has 0 saturated carbocycles. The summed E-state index contributed by atoms with van der Waals surface area (Å²) in [5, 5.41) is 9.03. The Morgan fingerprint density at radius 1 is 1.61 bits per heavy atom. The molecule has 1 aromatic rings. The molecule has 0 radical (unpaired) electrons. The van der Waals surface area contributed by atoms with Crippen molar-refractivity contribution >= 4 is 5.97 Å². The topological polar surface area (TPSA) is 58.4 Å². The van der Waals surface area contributed by atoms with E-state index in [0.29, 0.717) is 6.04 Å². The number of nitrogens with zero attached hydrogens (tertiary/aromatic N) is 3. The maximum atomic E-state index is 11.0. The van der Waals surface area contributed by atoms with E-state index in [1.165, 1.54) is 0 Å². The number of aryl methyl sites for hydroxylation is 1. The molecule has 0 aliphatic carbocycles. The molecule has 0 amide bonds. The van der Waals surface area contributed by atoms with Gasteiger partial charge >= 0.3 is 5.97 Å². The molecule has 18 heavy (non-hydrogen) atoms. The Balaban J connectivity index is 1.84. The third kappa shape index (κ3) is 2.90. The summed E-state index contributed by atoms with van der Waals surface area (Å²) in [6.45, 7) is 3.95. The fraction of sp³-hybridized carbons (Fsp3) is 0.692. The van der Waals surface area contributed by atoms with Gasteiger partial charge in [0.05, 0.1) is 5.92 Å². The zero-order valence-electron chi connectivity index (χ0n) is 11.0. The summed E-state index contributed by atoms with van der Waals surface area (Å²) in [5.41, 5.74) is 0. The quantitative estimate of drug-likeness (QED) is 0.872. The molecule has 1 aliphatic rings. The van der Waals surface area contributed by atoms with E-state index in [9.17, 15) is 4.79 Å². The van der Waals surface area contributed by atoms with Crippen molar-refractivity contribution in [3.63, 3.8) is 0 Å². The van der Waals surface area contributed by atoms with Crippen molar-refractivity contribution in [2.45, 2.75) is 32.2 Å². The molecule has 5 heteroatoms. The second kappa shape index (κ2) is 5.52. The van der Waals surface area contributed by atoms with Crippen LogP contribution in [0.5, 0.6) is 0 Å². The standard InChI is InChI=1S/C13H21N3O2/c1-10-9-11(13(17)18)3-6-16(10)7-4-12-14-5-8-15(12)2/h5,8,10-11H,3-4,6-7,9H2,1-2H3,(H,17,18). The highest BCUT2D eigenvalue weighted by molar-refractivity contribution is 5.70. The normalized spacial score (nSPS) is 25.2. The molecule has 0 bridgehead atoms. The number of imidazole rings is 1. The van der Waals surface area contributed by atoms with Crippen LogP contribution >= 0.6 is 0 Å². The number of likely N-dealkylation sites (tertiary alicyclic amines) is 1. The zero-order valence-corrected chi connectivity index (χ0v) is 11.0. The van der Waals surface area contributed by atoms with Gasteiger partial charge in [0.25, 0.3) is 0 Å². The number of carboxylic acid groups (broad SMARTS) is 1. The number of aromatic nitrogens is 2. The first kappa shape index (κ1) is 13.1. The lowest BCUT2D eigenvalue weighted by atomic mass is 9.91. The van der Waals surface area contributed by atoms with E-state index < -0.39 is 5.97 Å². The number of carboxylic acids is 1. The third-order valence-electron chi connectivity index (χ3n) is 3.91. The van der Waals surface area contributed by atoms with Gasteiger partial charge in [0.15, 0.2) is 0 Å². The van der Waals surface area contributed by atoms with Crippen LogP contribution in [0.3, 0.4) is 0 Å². The molecule has 2 heterocycles. The van der Waals surface area contributed by atoms with Crippen LogP contribution in [0.25, 0.3) is 0 Å². The maximum absolute atomic E-state index is 11.0. The second-order valence-electron chi connectivity index (χ2n) is 5.15. The number of hydrogen-bond acceptors (Lipinski definition) is 3. The van der Waals surface area contributed by atoms with Crippen molar-refractivity contribution in [1.82, 2.24) is 14.5 Å². The third-order valence-corrected chi connectivity index (χ3v) is 3.91. The first-order valence-corrected chi connectivity index (χ1v) is 6.51. The van der Waals surface area contributed by atoms with Crippen molar-refractivity contribution in [3.8, 4) is 0 Å². The van der Waals surface area contributed by atoms with Crippen LogP contribution in [0.2, 0.25) is 0 Å². The average Bonchev–Trinajstić information content (AvgIpc) is 2.73.